The lowest BCUT2D eigenvalue weighted by Crippen LogP contribution is -2.29. The van der Waals surface area contributed by atoms with Crippen molar-refractivity contribution in [2.75, 3.05) is 0 Å². The number of rotatable bonds is 0. The van der Waals surface area contributed by atoms with Crippen LogP contribution < -0.4 is 4.57 Å². The van der Waals surface area contributed by atoms with Crippen LogP contribution in [0.25, 0.3) is 22.7 Å². The molecule has 5 heteroatoms. The lowest BCUT2D eigenvalue weighted by Gasteiger charge is -1.91. The Kier molecular flexibility index (Phi) is 1.46. The molecule has 0 saturated heterocycles. The fourth-order valence-electron chi connectivity index (χ4n) is 2.92. The second-order valence-corrected chi connectivity index (χ2v) is 4.81. The van der Waals surface area contributed by atoms with Gasteiger partial charge in [0.1, 0.15) is 18.3 Å². The zero-order chi connectivity index (χ0) is 12.4. The molecule has 5 rings (SSSR count). The predicted octanol–water partition coefficient (Wildman–Crippen LogP) is 1.30. The average Bonchev–Trinajstić information content (AvgIpc) is 3.05. The number of pyridine rings is 1. The topological polar surface area (TPSA) is 38.5 Å². The van der Waals surface area contributed by atoms with Crippen LogP contribution in [-0.4, -0.2) is 19.0 Å². The van der Waals surface area contributed by atoms with E-state index in [0.29, 0.717) is 0 Å². The summed E-state index contributed by atoms with van der Waals surface area (Å²) in [4.78, 5) is 4.52. The number of hydrogen-bond donors (Lipinski definition) is 0. The van der Waals surface area contributed by atoms with Gasteiger partial charge in [-0.2, -0.15) is 14.0 Å². The first-order valence-corrected chi connectivity index (χ1v) is 6.23. The monoisotopic (exact) mass is 248 g/mol. The Labute approximate surface area is 108 Å². The van der Waals surface area contributed by atoms with Gasteiger partial charge in [-0.1, -0.05) is 6.07 Å². The lowest BCUT2D eigenvalue weighted by molar-refractivity contribution is -0.670. The second kappa shape index (κ2) is 3.00. The van der Waals surface area contributed by atoms with Crippen molar-refractivity contribution in [3.63, 3.8) is 0 Å². The lowest BCUT2D eigenvalue weighted by atomic mass is 10.2. The second-order valence-electron chi connectivity index (χ2n) is 4.81. The first kappa shape index (κ1) is 9.27. The summed E-state index contributed by atoms with van der Waals surface area (Å²) in [6, 6.07) is 8.14. The molecule has 19 heavy (non-hydrogen) atoms. The molecule has 0 bridgehead atoms. The van der Waals surface area contributed by atoms with Crippen molar-refractivity contribution in [1.29, 1.82) is 0 Å². The average molecular weight is 248 g/mol. The number of imidazole rings is 2. The van der Waals surface area contributed by atoms with Gasteiger partial charge >= 0.3 is 5.82 Å². The molecule has 1 aliphatic rings. The Bertz CT molecular complexity index is 947. The zero-order valence-electron chi connectivity index (χ0n) is 10.1. The SMILES string of the molecule is c1cnc2c(c1)C[n+]1cc3n(cc4cccnn43)c1-2. The molecule has 0 fully saturated rings. The Morgan fingerprint density at radius 3 is 3.11 bits per heavy atom. The van der Waals surface area contributed by atoms with E-state index in [1.807, 2.05) is 29.0 Å². The number of fused-ring (bicyclic) bond motifs is 7. The van der Waals surface area contributed by atoms with Gasteiger partial charge in [0.05, 0.1) is 0 Å². The Hall–Kier alpha value is -2.69. The summed E-state index contributed by atoms with van der Waals surface area (Å²) in [5.41, 5.74) is 4.50. The fraction of sp³-hybridized carbons (Fsp3) is 0.0714. The molecule has 90 valence electrons. The highest BCUT2D eigenvalue weighted by Crippen LogP contribution is 2.26. The summed E-state index contributed by atoms with van der Waals surface area (Å²) < 4.78 is 6.35. The van der Waals surface area contributed by atoms with E-state index in [2.05, 4.69) is 43.6 Å². The molecular formula is C14H10N5+. The van der Waals surface area contributed by atoms with Gasteiger partial charge < -0.3 is 0 Å². The minimum absolute atomic E-state index is 0.884. The van der Waals surface area contributed by atoms with Crippen LogP contribution in [0.3, 0.4) is 0 Å². The Balaban J connectivity index is 1.97. The van der Waals surface area contributed by atoms with E-state index >= 15 is 0 Å². The van der Waals surface area contributed by atoms with Crippen LogP contribution in [0.1, 0.15) is 5.56 Å². The van der Waals surface area contributed by atoms with Crippen molar-refractivity contribution < 1.29 is 4.57 Å². The number of aromatic nitrogens is 5. The summed E-state index contributed by atoms with van der Waals surface area (Å²) in [7, 11) is 0. The van der Waals surface area contributed by atoms with Crippen LogP contribution in [0.2, 0.25) is 0 Å². The molecule has 4 aromatic rings. The molecular weight excluding hydrogens is 238 g/mol. The largest absolute Gasteiger partial charge is 0.315 e. The van der Waals surface area contributed by atoms with Gasteiger partial charge in [-0.05, 0) is 18.2 Å². The molecule has 0 radical (unpaired) electrons. The van der Waals surface area contributed by atoms with Crippen molar-refractivity contribution in [3.05, 3.63) is 54.6 Å². The van der Waals surface area contributed by atoms with Crippen LogP contribution >= 0.6 is 0 Å². The maximum Gasteiger partial charge on any atom is 0.315 e. The molecule has 0 spiro atoms. The van der Waals surface area contributed by atoms with E-state index in [1.54, 1.807) is 0 Å². The highest BCUT2D eigenvalue weighted by molar-refractivity contribution is 5.63. The molecule has 5 nitrogen and oxygen atoms in total. The third-order valence-corrected chi connectivity index (χ3v) is 3.72. The van der Waals surface area contributed by atoms with Gasteiger partial charge in [0.25, 0.3) is 5.65 Å². The third kappa shape index (κ3) is 1.03. The molecule has 0 saturated carbocycles. The molecule has 0 aromatic carbocycles. The van der Waals surface area contributed by atoms with Crippen LogP contribution in [-0.2, 0) is 6.54 Å². The highest BCUT2D eigenvalue weighted by Gasteiger charge is 2.32. The van der Waals surface area contributed by atoms with E-state index in [9.17, 15) is 0 Å². The first-order valence-electron chi connectivity index (χ1n) is 6.23. The molecule has 0 aliphatic carbocycles. The van der Waals surface area contributed by atoms with Gasteiger partial charge in [0.15, 0.2) is 11.9 Å². The summed E-state index contributed by atoms with van der Waals surface area (Å²) in [5, 5.41) is 4.40. The van der Waals surface area contributed by atoms with Crippen molar-refractivity contribution in [3.8, 4) is 11.5 Å². The minimum Gasteiger partial charge on any atom is -0.248 e. The van der Waals surface area contributed by atoms with E-state index in [1.165, 1.54) is 5.56 Å². The van der Waals surface area contributed by atoms with Gasteiger partial charge in [-0.3, -0.25) is 0 Å². The molecule has 0 amide bonds. The van der Waals surface area contributed by atoms with Gasteiger partial charge in [0, 0.05) is 18.0 Å². The molecule has 4 aromatic heterocycles. The van der Waals surface area contributed by atoms with Gasteiger partial charge in [-0.15, -0.1) is 0 Å². The standard InChI is InChI=1S/C14H10N5/c1-3-10-7-17-9-12-18(14(17)13(10)15-5-1)8-11-4-2-6-16-19(11)12/h1-6,8-9H,7H2/q+1. The maximum absolute atomic E-state index is 4.52. The van der Waals surface area contributed by atoms with Gasteiger partial charge in [-0.25, -0.2) is 9.55 Å². The zero-order valence-corrected chi connectivity index (χ0v) is 10.1. The van der Waals surface area contributed by atoms with Gasteiger partial charge in [0.2, 0.25) is 0 Å². The molecule has 0 atom stereocenters. The predicted molar refractivity (Wildman–Crippen MR) is 68.7 cm³/mol. The van der Waals surface area contributed by atoms with Crippen molar-refractivity contribution in [2.45, 2.75) is 6.54 Å². The highest BCUT2D eigenvalue weighted by atomic mass is 15.3. The summed E-state index contributed by atoms with van der Waals surface area (Å²) >= 11 is 0. The number of nitrogens with zero attached hydrogens (tertiary/aromatic N) is 5. The van der Waals surface area contributed by atoms with E-state index in [0.717, 1.165) is 29.2 Å². The molecule has 0 unspecified atom stereocenters. The number of hydrogen-bond acceptors (Lipinski definition) is 2. The third-order valence-electron chi connectivity index (χ3n) is 3.72. The molecule has 0 N–H and O–H groups in total. The van der Waals surface area contributed by atoms with Crippen molar-refractivity contribution in [2.24, 2.45) is 0 Å². The minimum atomic E-state index is 0.884. The van der Waals surface area contributed by atoms with Crippen LogP contribution in [0.5, 0.6) is 0 Å². The molecule has 5 heterocycles. The fourth-order valence-corrected chi connectivity index (χ4v) is 2.92. The van der Waals surface area contributed by atoms with E-state index in [-0.39, 0.29) is 0 Å². The Morgan fingerprint density at radius 1 is 1.16 bits per heavy atom. The Morgan fingerprint density at radius 2 is 2.11 bits per heavy atom. The van der Waals surface area contributed by atoms with Crippen LogP contribution in [0, 0.1) is 0 Å². The van der Waals surface area contributed by atoms with Crippen molar-refractivity contribution in [1.82, 2.24) is 19.0 Å². The maximum atomic E-state index is 4.52. The van der Waals surface area contributed by atoms with Crippen molar-refractivity contribution >= 4 is 11.2 Å². The summed E-state index contributed by atoms with van der Waals surface area (Å²) in [6.45, 7) is 0.884. The van der Waals surface area contributed by atoms with E-state index in [4.69, 9.17) is 0 Å². The molecule has 1 aliphatic heterocycles. The van der Waals surface area contributed by atoms with E-state index < -0.39 is 0 Å². The summed E-state index contributed by atoms with van der Waals surface area (Å²) in [6.07, 6.45) is 7.90. The quantitative estimate of drug-likeness (QED) is 0.387. The summed E-state index contributed by atoms with van der Waals surface area (Å²) in [5.74, 6) is 1.14. The first-order chi connectivity index (χ1) is 9.42. The normalized spacial score (nSPS) is 13.1. The van der Waals surface area contributed by atoms with Crippen LogP contribution in [0.4, 0.5) is 0 Å². The smallest absolute Gasteiger partial charge is 0.248 e. The van der Waals surface area contributed by atoms with Crippen LogP contribution in [0.15, 0.2) is 49.1 Å².